The number of hydrogen-bond acceptors (Lipinski definition) is 5. The molecule has 1 aliphatic heterocycles. The number of carbonyl (C=O) groups is 1. The van der Waals surface area contributed by atoms with Crippen molar-refractivity contribution in [2.45, 2.75) is 12.8 Å². The molecule has 0 spiro atoms. The minimum Gasteiger partial charge on any atom is -0.488 e. The molecule has 1 saturated heterocycles. The number of piperazine rings is 1. The van der Waals surface area contributed by atoms with E-state index in [1.807, 2.05) is 72.8 Å². The van der Waals surface area contributed by atoms with Gasteiger partial charge in [-0.3, -0.25) is 9.78 Å². The van der Waals surface area contributed by atoms with E-state index < -0.39 is 11.7 Å². The summed E-state index contributed by atoms with van der Waals surface area (Å²) >= 11 is 0. The quantitative estimate of drug-likeness (QED) is 0.213. The van der Waals surface area contributed by atoms with Gasteiger partial charge in [-0.15, -0.1) is 0 Å². The van der Waals surface area contributed by atoms with E-state index in [4.69, 9.17) is 4.74 Å². The highest BCUT2D eigenvalue weighted by Crippen LogP contribution is 2.39. The normalized spacial score (nSPS) is 13.6. The molecule has 43 heavy (non-hydrogen) atoms. The first-order valence-electron chi connectivity index (χ1n) is 14.0. The molecular weight excluding hydrogens is 553 g/mol. The maximum Gasteiger partial charge on any atom is 0.419 e. The number of fused-ring (bicyclic) bond motifs is 1. The predicted octanol–water partition coefficient (Wildman–Crippen LogP) is 7.16. The van der Waals surface area contributed by atoms with Crippen molar-refractivity contribution in [3.63, 3.8) is 0 Å². The number of amides is 1. The van der Waals surface area contributed by atoms with Gasteiger partial charge >= 0.3 is 6.18 Å². The molecule has 0 saturated carbocycles. The zero-order valence-electron chi connectivity index (χ0n) is 23.2. The van der Waals surface area contributed by atoms with Gasteiger partial charge in [0.2, 0.25) is 0 Å². The van der Waals surface area contributed by atoms with E-state index in [1.165, 1.54) is 18.2 Å². The summed E-state index contributed by atoms with van der Waals surface area (Å²) in [6.45, 7) is 2.79. The Morgan fingerprint density at radius 1 is 0.907 bits per heavy atom. The summed E-state index contributed by atoms with van der Waals surface area (Å²) < 4.78 is 46.9. The first-order chi connectivity index (χ1) is 20.9. The third-order valence-corrected chi connectivity index (χ3v) is 7.48. The van der Waals surface area contributed by atoms with Crippen LogP contribution in [0.25, 0.3) is 21.9 Å². The van der Waals surface area contributed by atoms with Crippen LogP contribution in [0.5, 0.6) is 5.75 Å². The van der Waals surface area contributed by atoms with E-state index >= 15 is 0 Å². The first-order valence-corrected chi connectivity index (χ1v) is 14.0. The summed E-state index contributed by atoms with van der Waals surface area (Å²) in [5.74, 6) is -0.590. The highest BCUT2D eigenvalue weighted by atomic mass is 19.4. The largest absolute Gasteiger partial charge is 0.488 e. The SMILES string of the molecule is O=C(Nc1cc(-c2ccccc2)c(COc2ccccc2C(F)(F)F)cc1N1CCNCC1)c1nccc2ccccc12. The molecule has 9 heteroatoms. The molecular formula is C34H29F3N4O2. The number of anilines is 2. The number of benzene rings is 4. The Bertz CT molecular complexity index is 1750. The molecule has 2 N–H and O–H groups in total. The van der Waals surface area contributed by atoms with Crippen LogP contribution < -0.4 is 20.3 Å². The van der Waals surface area contributed by atoms with Gasteiger partial charge in [-0.05, 0) is 52.4 Å². The van der Waals surface area contributed by atoms with Gasteiger partial charge in [-0.25, -0.2) is 0 Å². The maximum absolute atomic E-state index is 13.7. The minimum atomic E-state index is -4.55. The molecule has 0 bridgehead atoms. The molecule has 0 atom stereocenters. The van der Waals surface area contributed by atoms with Crippen molar-refractivity contribution in [1.29, 1.82) is 0 Å². The van der Waals surface area contributed by atoms with Crippen molar-refractivity contribution in [2.75, 3.05) is 36.4 Å². The molecule has 6 nitrogen and oxygen atoms in total. The van der Waals surface area contributed by atoms with Crippen LogP contribution in [0.1, 0.15) is 21.6 Å². The van der Waals surface area contributed by atoms with Crippen LogP contribution in [0.15, 0.2) is 103 Å². The Balaban J connectivity index is 1.43. The molecule has 1 aliphatic rings. The van der Waals surface area contributed by atoms with Gasteiger partial charge in [-0.1, -0.05) is 66.7 Å². The Labute approximate surface area is 247 Å². The second-order valence-electron chi connectivity index (χ2n) is 10.2. The summed E-state index contributed by atoms with van der Waals surface area (Å²) in [6, 6.07) is 27.9. The summed E-state index contributed by atoms with van der Waals surface area (Å²) in [4.78, 5) is 20.2. The highest BCUT2D eigenvalue weighted by Gasteiger charge is 2.34. The maximum atomic E-state index is 13.7. The van der Waals surface area contributed by atoms with E-state index in [-0.39, 0.29) is 18.3 Å². The summed E-state index contributed by atoms with van der Waals surface area (Å²) in [6.07, 6.45) is -2.93. The van der Waals surface area contributed by atoms with Gasteiger partial charge in [0.1, 0.15) is 18.1 Å². The van der Waals surface area contributed by atoms with Crippen molar-refractivity contribution in [3.8, 4) is 16.9 Å². The molecule has 0 unspecified atom stereocenters. The van der Waals surface area contributed by atoms with Gasteiger partial charge < -0.3 is 20.3 Å². The standard InChI is InChI=1S/C34H29F3N4O2/c35-34(36,37)28-12-6-7-13-31(28)43-22-25-20-30(41-18-16-38-17-19-41)29(21-27(25)23-8-2-1-3-9-23)40-33(42)32-26-11-5-4-10-24(26)14-15-39-32/h1-15,20-21,38H,16-19,22H2,(H,40,42). The number of rotatable bonds is 7. The van der Waals surface area contributed by atoms with Crippen molar-refractivity contribution in [3.05, 3.63) is 120 Å². The molecule has 2 heterocycles. The fourth-order valence-electron chi connectivity index (χ4n) is 5.37. The first kappa shape index (κ1) is 28.2. The second kappa shape index (κ2) is 12.1. The Morgan fingerprint density at radius 2 is 1.63 bits per heavy atom. The summed E-state index contributed by atoms with van der Waals surface area (Å²) in [5, 5.41) is 8.09. The highest BCUT2D eigenvalue weighted by molar-refractivity contribution is 6.12. The van der Waals surface area contributed by atoms with E-state index in [0.29, 0.717) is 30.0 Å². The fourth-order valence-corrected chi connectivity index (χ4v) is 5.37. The second-order valence-corrected chi connectivity index (χ2v) is 10.2. The molecule has 4 aromatic carbocycles. The number of ether oxygens (including phenoxy) is 1. The van der Waals surface area contributed by atoms with E-state index in [1.54, 1.807) is 6.20 Å². The van der Waals surface area contributed by atoms with Crippen LogP contribution in [0, 0.1) is 0 Å². The summed E-state index contributed by atoms with van der Waals surface area (Å²) in [5.41, 5.74) is 3.10. The fraction of sp³-hybridized carbons (Fsp3) is 0.176. The number of para-hydroxylation sites is 1. The van der Waals surface area contributed by atoms with Crippen molar-refractivity contribution in [2.24, 2.45) is 0 Å². The molecule has 5 aromatic rings. The zero-order valence-corrected chi connectivity index (χ0v) is 23.2. The number of hydrogen-bond donors (Lipinski definition) is 2. The van der Waals surface area contributed by atoms with Crippen LogP contribution in [-0.2, 0) is 12.8 Å². The molecule has 0 aliphatic carbocycles. The van der Waals surface area contributed by atoms with Crippen molar-refractivity contribution in [1.82, 2.24) is 10.3 Å². The average molecular weight is 583 g/mol. The lowest BCUT2D eigenvalue weighted by atomic mass is 9.97. The molecule has 218 valence electrons. The van der Waals surface area contributed by atoms with E-state index in [9.17, 15) is 18.0 Å². The number of nitrogens with one attached hydrogen (secondary N) is 2. The number of halogens is 3. The van der Waals surface area contributed by atoms with E-state index in [0.717, 1.165) is 46.7 Å². The topological polar surface area (TPSA) is 66.5 Å². The number of pyridine rings is 1. The predicted molar refractivity (Wildman–Crippen MR) is 162 cm³/mol. The molecule has 1 amide bonds. The lowest BCUT2D eigenvalue weighted by Gasteiger charge is -2.32. The van der Waals surface area contributed by atoms with Crippen LogP contribution >= 0.6 is 0 Å². The number of carbonyl (C=O) groups excluding carboxylic acids is 1. The number of aromatic nitrogens is 1. The zero-order chi connectivity index (χ0) is 29.8. The van der Waals surface area contributed by atoms with Crippen LogP contribution in [0.2, 0.25) is 0 Å². The Kier molecular flexibility index (Phi) is 7.98. The van der Waals surface area contributed by atoms with Crippen LogP contribution in [0.3, 0.4) is 0 Å². The van der Waals surface area contributed by atoms with Gasteiger partial charge in [0.25, 0.3) is 5.91 Å². The third kappa shape index (κ3) is 6.17. The van der Waals surface area contributed by atoms with Gasteiger partial charge in [0.15, 0.2) is 0 Å². The minimum absolute atomic E-state index is 0.102. The van der Waals surface area contributed by atoms with Gasteiger partial charge in [0.05, 0.1) is 16.9 Å². The molecule has 1 aromatic heterocycles. The smallest absolute Gasteiger partial charge is 0.419 e. The Hall–Kier alpha value is -4.89. The lowest BCUT2D eigenvalue weighted by molar-refractivity contribution is -0.139. The van der Waals surface area contributed by atoms with E-state index in [2.05, 4.69) is 20.5 Å². The molecule has 6 rings (SSSR count). The van der Waals surface area contributed by atoms with Crippen LogP contribution in [-0.4, -0.2) is 37.1 Å². The number of alkyl halides is 3. The van der Waals surface area contributed by atoms with Gasteiger partial charge in [-0.2, -0.15) is 13.2 Å². The summed E-state index contributed by atoms with van der Waals surface area (Å²) in [7, 11) is 0. The third-order valence-electron chi connectivity index (χ3n) is 7.48. The lowest BCUT2D eigenvalue weighted by Crippen LogP contribution is -2.44. The average Bonchev–Trinajstić information content (AvgIpc) is 3.04. The van der Waals surface area contributed by atoms with Crippen molar-refractivity contribution >= 4 is 28.1 Å². The van der Waals surface area contributed by atoms with Gasteiger partial charge in [0, 0.05) is 37.8 Å². The number of nitrogens with zero attached hydrogens (tertiary/aromatic N) is 2. The Morgan fingerprint density at radius 3 is 2.42 bits per heavy atom. The molecule has 0 radical (unpaired) electrons. The monoisotopic (exact) mass is 582 g/mol. The van der Waals surface area contributed by atoms with Crippen LogP contribution in [0.4, 0.5) is 24.5 Å². The van der Waals surface area contributed by atoms with Crippen molar-refractivity contribution < 1.29 is 22.7 Å². The molecule has 1 fully saturated rings.